The van der Waals surface area contributed by atoms with Crippen molar-refractivity contribution in [2.45, 2.75) is 45.3 Å². The molecule has 0 amide bonds. The average Bonchev–Trinajstić information content (AvgIpc) is 2.79. The summed E-state index contributed by atoms with van der Waals surface area (Å²) >= 11 is 0. The molecular weight excluding hydrogens is 258 g/mol. The topological polar surface area (TPSA) is 21.3 Å². The van der Waals surface area contributed by atoms with Crippen molar-refractivity contribution in [2.75, 3.05) is 5.32 Å². The van der Waals surface area contributed by atoms with Gasteiger partial charge in [0.1, 0.15) is 11.4 Å². The zero-order valence-electron chi connectivity index (χ0n) is 13.0. The number of hydrogen-bond donors (Lipinski definition) is 1. The number of ether oxygens (including phenoxy) is 1. The van der Waals surface area contributed by atoms with Gasteiger partial charge in [0.15, 0.2) is 0 Å². The Morgan fingerprint density at radius 3 is 2.24 bits per heavy atom. The lowest BCUT2D eigenvalue weighted by Crippen LogP contribution is -2.23. The summed E-state index contributed by atoms with van der Waals surface area (Å²) in [5.41, 5.74) is 3.91. The lowest BCUT2D eigenvalue weighted by Gasteiger charge is -2.22. The minimum Gasteiger partial charge on any atom is -0.488 e. The lowest BCUT2D eigenvalue weighted by atomic mass is 10.1. The van der Waals surface area contributed by atoms with E-state index in [1.807, 2.05) is 12.1 Å². The number of nitrogens with one attached hydrogen (secondary N) is 1. The summed E-state index contributed by atoms with van der Waals surface area (Å²) in [7, 11) is 0. The van der Waals surface area contributed by atoms with Crippen LogP contribution in [0.15, 0.2) is 48.5 Å². The predicted molar refractivity (Wildman–Crippen MR) is 88.1 cm³/mol. The molecule has 2 aromatic carbocycles. The quantitative estimate of drug-likeness (QED) is 0.898. The molecule has 0 aromatic heterocycles. The monoisotopic (exact) mass is 281 g/mol. The minimum absolute atomic E-state index is 0.164. The molecule has 0 unspecified atom stereocenters. The fourth-order valence-electron chi connectivity index (χ4n) is 2.90. The van der Waals surface area contributed by atoms with Gasteiger partial charge in [0, 0.05) is 17.8 Å². The van der Waals surface area contributed by atoms with E-state index >= 15 is 0 Å². The molecule has 0 bridgehead atoms. The van der Waals surface area contributed by atoms with Crippen molar-refractivity contribution in [2.24, 2.45) is 0 Å². The fourth-order valence-corrected chi connectivity index (χ4v) is 2.90. The lowest BCUT2D eigenvalue weighted by molar-refractivity contribution is 0.131. The van der Waals surface area contributed by atoms with Crippen LogP contribution >= 0.6 is 0 Å². The maximum atomic E-state index is 5.93. The zero-order chi connectivity index (χ0) is 14.9. The molecule has 2 nitrogen and oxygen atoms in total. The van der Waals surface area contributed by atoms with Crippen LogP contribution in [-0.2, 0) is 12.8 Å². The van der Waals surface area contributed by atoms with Gasteiger partial charge in [-0.15, -0.1) is 0 Å². The Morgan fingerprint density at radius 1 is 0.952 bits per heavy atom. The van der Waals surface area contributed by atoms with Crippen LogP contribution in [0.3, 0.4) is 0 Å². The van der Waals surface area contributed by atoms with E-state index < -0.39 is 0 Å². The van der Waals surface area contributed by atoms with Gasteiger partial charge >= 0.3 is 0 Å². The van der Waals surface area contributed by atoms with Gasteiger partial charge in [-0.2, -0.15) is 0 Å². The van der Waals surface area contributed by atoms with Crippen LogP contribution in [0, 0.1) is 0 Å². The summed E-state index contributed by atoms with van der Waals surface area (Å²) in [6, 6.07) is 17.5. The van der Waals surface area contributed by atoms with Crippen LogP contribution in [0.1, 0.15) is 31.9 Å². The molecular formula is C19H23NO. The minimum atomic E-state index is -0.164. The highest BCUT2D eigenvalue weighted by molar-refractivity contribution is 5.50. The summed E-state index contributed by atoms with van der Waals surface area (Å²) in [6.07, 6.45) is 2.20. The maximum absolute atomic E-state index is 5.93. The van der Waals surface area contributed by atoms with Crippen LogP contribution in [0.2, 0.25) is 0 Å². The van der Waals surface area contributed by atoms with E-state index in [0.29, 0.717) is 6.04 Å². The second-order valence-corrected chi connectivity index (χ2v) is 6.76. The number of anilines is 1. The van der Waals surface area contributed by atoms with E-state index in [1.54, 1.807) is 0 Å². The van der Waals surface area contributed by atoms with Gasteiger partial charge < -0.3 is 10.1 Å². The van der Waals surface area contributed by atoms with E-state index in [1.165, 1.54) is 11.1 Å². The molecule has 0 heterocycles. The van der Waals surface area contributed by atoms with Crippen LogP contribution in [0.25, 0.3) is 0 Å². The Hall–Kier alpha value is -1.96. The molecule has 0 spiro atoms. The Balaban J connectivity index is 1.68. The van der Waals surface area contributed by atoms with Gasteiger partial charge in [-0.25, -0.2) is 0 Å². The van der Waals surface area contributed by atoms with Crippen molar-refractivity contribution in [3.8, 4) is 5.75 Å². The molecule has 0 aliphatic heterocycles. The number of rotatable bonds is 3. The number of hydrogen-bond acceptors (Lipinski definition) is 2. The Kier molecular flexibility index (Phi) is 3.62. The predicted octanol–water partition coefficient (Wildman–Crippen LogP) is 4.44. The summed E-state index contributed by atoms with van der Waals surface area (Å²) in [6.45, 7) is 6.21. The summed E-state index contributed by atoms with van der Waals surface area (Å²) < 4.78 is 5.93. The molecule has 0 saturated carbocycles. The molecule has 3 rings (SSSR count). The van der Waals surface area contributed by atoms with E-state index in [4.69, 9.17) is 4.74 Å². The molecule has 110 valence electrons. The number of fused-ring (bicyclic) bond motifs is 1. The third kappa shape index (κ3) is 3.57. The first-order valence-corrected chi connectivity index (χ1v) is 7.62. The van der Waals surface area contributed by atoms with Crippen LogP contribution in [-0.4, -0.2) is 11.6 Å². The second kappa shape index (κ2) is 5.44. The van der Waals surface area contributed by atoms with Crippen molar-refractivity contribution in [1.29, 1.82) is 0 Å². The fraction of sp³-hybridized carbons (Fsp3) is 0.368. The second-order valence-electron chi connectivity index (χ2n) is 6.76. The molecule has 1 aliphatic carbocycles. The number of benzene rings is 2. The molecule has 21 heavy (non-hydrogen) atoms. The first kappa shape index (κ1) is 14.0. The van der Waals surface area contributed by atoms with Crippen molar-refractivity contribution in [1.82, 2.24) is 0 Å². The van der Waals surface area contributed by atoms with Gasteiger partial charge in [-0.05, 0) is 56.9 Å². The van der Waals surface area contributed by atoms with Gasteiger partial charge in [0.25, 0.3) is 0 Å². The molecule has 1 aliphatic rings. The first-order chi connectivity index (χ1) is 9.99. The van der Waals surface area contributed by atoms with Gasteiger partial charge in [0.2, 0.25) is 0 Å². The highest BCUT2D eigenvalue weighted by Gasteiger charge is 2.20. The highest BCUT2D eigenvalue weighted by atomic mass is 16.5. The first-order valence-electron chi connectivity index (χ1n) is 7.62. The van der Waals surface area contributed by atoms with E-state index in [0.717, 1.165) is 24.3 Å². The molecule has 2 heteroatoms. The maximum Gasteiger partial charge on any atom is 0.122 e. The van der Waals surface area contributed by atoms with Crippen LogP contribution in [0.5, 0.6) is 5.75 Å². The Labute approximate surface area is 127 Å². The molecule has 0 saturated heterocycles. The van der Waals surface area contributed by atoms with Gasteiger partial charge in [-0.1, -0.05) is 30.3 Å². The summed E-state index contributed by atoms with van der Waals surface area (Å²) in [4.78, 5) is 0. The molecule has 2 aromatic rings. The van der Waals surface area contributed by atoms with Crippen LogP contribution in [0.4, 0.5) is 5.69 Å². The molecule has 0 fully saturated rings. The van der Waals surface area contributed by atoms with E-state index in [-0.39, 0.29) is 5.60 Å². The van der Waals surface area contributed by atoms with Gasteiger partial charge in [0.05, 0.1) is 0 Å². The van der Waals surface area contributed by atoms with Crippen molar-refractivity contribution >= 4 is 5.69 Å². The zero-order valence-corrected chi connectivity index (χ0v) is 13.0. The third-order valence-electron chi connectivity index (χ3n) is 3.68. The van der Waals surface area contributed by atoms with Gasteiger partial charge in [-0.3, -0.25) is 0 Å². The highest BCUT2D eigenvalue weighted by Crippen LogP contribution is 2.27. The average molecular weight is 281 g/mol. The van der Waals surface area contributed by atoms with Crippen molar-refractivity contribution < 1.29 is 4.74 Å². The molecule has 0 atom stereocenters. The Morgan fingerprint density at radius 2 is 1.62 bits per heavy atom. The summed E-state index contributed by atoms with van der Waals surface area (Å²) in [5, 5.41) is 3.63. The standard InChI is InChI=1S/C19H23NO/c1-19(2,3)21-18-10-6-9-16(13-18)20-17-11-14-7-4-5-8-15(14)12-17/h4-10,13,17,20H,11-12H2,1-3H3. The summed E-state index contributed by atoms with van der Waals surface area (Å²) in [5.74, 6) is 0.919. The Bertz CT molecular complexity index is 602. The SMILES string of the molecule is CC(C)(C)Oc1cccc(NC2Cc3ccccc3C2)c1. The molecule has 0 radical (unpaired) electrons. The van der Waals surface area contributed by atoms with Crippen LogP contribution < -0.4 is 10.1 Å². The van der Waals surface area contributed by atoms with Crippen molar-refractivity contribution in [3.63, 3.8) is 0 Å². The third-order valence-corrected chi connectivity index (χ3v) is 3.68. The normalized spacial score (nSPS) is 14.8. The smallest absolute Gasteiger partial charge is 0.122 e. The van der Waals surface area contributed by atoms with E-state index in [9.17, 15) is 0 Å². The molecule has 1 N–H and O–H groups in total. The van der Waals surface area contributed by atoms with Crippen molar-refractivity contribution in [3.05, 3.63) is 59.7 Å². The largest absolute Gasteiger partial charge is 0.488 e. The van der Waals surface area contributed by atoms with E-state index in [2.05, 4.69) is 62.5 Å².